The summed E-state index contributed by atoms with van der Waals surface area (Å²) in [6.45, 7) is 1.89. The highest BCUT2D eigenvalue weighted by Crippen LogP contribution is 2.30. The van der Waals surface area contributed by atoms with Crippen LogP contribution < -0.4 is 16.4 Å². The van der Waals surface area contributed by atoms with Crippen LogP contribution in [0.15, 0.2) is 91.1 Å². The number of ether oxygens (including phenoxy) is 2. The highest BCUT2D eigenvalue weighted by Gasteiger charge is 2.50. The number of primary amides is 1. The number of hydrogen-bond donors (Lipinski definition) is 4. The van der Waals surface area contributed by atoms with Crippen LogP contribution in [0.1, 0.15) is 36.5 Å². The van der Waals surface area contributed by atoms with Crippen molar-refractivity contribution in [3.63, 3.8) is 0 Å². The fraction of sp³-hybridized carbons (Fsp3) is 0.306. The molecule has 0 aliphatic carbocycles. The number of nitrogens with two attached hydrogens (primary N) is 1. The normalized spacial score (nSPS) is 17.2. The van der Waals surface area contributed by atoms with Gasteiger partial charge in [0.15, 0.2) is 11.6 Å². The van der Waals surface area contributed by atoms with Gasteiger partial charge in [-0.25, -0.2) is 4.79 Å². The lowest BCUT2D eigenvalue weighted by molar-refractivity contribution is -0.134. The smallest absolute Gasteiger partial charge is 0.408 e. The Labute approximate surface area is 272 Å². The molecule has 1 aliphatic heterocycles. The number of benzene rings is 3. The van der Waals surface area contributed by atoms with Crippen LogP contribution in [0.2, 0.25) is 0 Å². The summed E-state index contributed by atoms with van der Waals surface area (Å²) in [5.74, 6) is -3.13. The lowest BCUT2D eigenvalue weighted by atomic mass is 9.89. The minimum Gasteiger partial charge on any atom is -0.445 e. The van der Waals surface area contributed by atoms with Gasteiger partial charge >= 0.3 is 6.09 Å². The van der Waals surface area contributed by atoms with Crippen LogP contribution in [0.5, 0.6) is 0 Å². The summed E-state index contributed by atoms with van der Waals surface area (Å²) in [7, 11) is 0. The summed E-state index contributed by atoms with van der Waals surface area (Å²) in [5, 5.41) is 6.23. The summed E-state index contributed by atoms with van der Waals surface area (Å²) in [4.78, 5) is 69.0. The van der Waals surface area contributed by atoms with Gasteiger partial charge in [-0.1, -0.05) is 78.9 Å². The number of carbonyl (C=O) groups excluding carboxylic acids is 5. The van der Waals surface area contributed by atoms with Crippen molar-refractivity contribution in [1.82, 2.24) is 15.6 Å². The first kappa shape index (κ1) is 33.1. The van der Waals surface area contributed by atoms with E-state index in [9.17, 15) is 24.0 Å². The number of alkyl carbamates (subject to hydrolysis) is 1. The number of fused-ring (bicyclic) bond motifs is 1. The lowest BCUT2D eigenvalue weighted by Crippen LogP contribution is -2.50. The predicted molar refractivity (Wildman–Crippen MR) is 174 cm³/mol. The average molecular weight is 639 g/mol. The third-order valence-electron chi connectivity index (χ3n) is 8.27. The van der Waals surface area contributed by atoms with Crippen molar-refractivity contribution in [2.75, 3.05) is 6.61 Å². The van der Waals surface area contributed by atoms with Gasteiger partial charge in [-0.05, 0) is 42.5 Å². The van der Waals surface area contributed by atoms with Crippen LogP contribution in [-0.4, -0.2) is 58.7 Å². The van der Waals surface area contributed by atoms with Crippen LogP contribution in [0.25, 0.3) is 10.9 Å². The molecule has 244 valence electrons. The topological polar surface area (TPSA) is 173 Å². The van der Waals surface area contributed by atoms with Gasteiger partial charge in [-0.15, -0.1) is 0 Å². The summed E-state index contributed by atoms with van der Waals surface area (Å²) >= 11 is 0. The molecule has 5 rings (SSSR count). The summed E-state index contributed by atoms with van der Waals surface area (Å²) in [6, 6.07) is 23.6. The molecule has 1 aromatic heterocycles. The zero-order chi connectivity index (χ0) is 33.4. The summed E-state index contributed by atoms with van der Waals surface area (Å²) in [5.41, 5.74) is 7.68. The third-order valence-corrected chi connectivity index (χ3v) is 8.27. The fourth-order valence-electron chi connectivity index (χ4n) is 5.53. The lowest BCUT2D eigenvalue weighted by Gasteiger charge is -2.24. The van der Waals surface area contributed by atoms with Crippen molar-refractivity contribution in [2.45, 2.75) is 56.9 Å². The molecule has 11 nitrogen and oxygen atoms in total. The third kappa shape index (κ3) is 8.92. The molecule has 1 unspecified atom stereocenters. The quantitative estimate of drug-likeness (QED) is 0.136. The van der Waals surface area contributed by atoms with Crippen molar-refractivity contribution >= 4 is 40.4 Å². The van der Waals surface area contributed by atoms with Crippen molar-refractivity contribution in [3.05, 3.63) is 108 Å². The van der Waals surface area contributed by atoms with E-state index in [-0.39, 0.29) is 38.3 Å². The van der Waals surface area contributed by atoms with E-state index in [0.29, 0.717) is 0 Å². The monoisotopic (exact) mass is 638 g/mol. The van der Waals surface area contributed by atoms with E-state index in [1.807, 2.05) is 60.7 Å². The van der Waals surface area contributed by atoms with E-state index in [0.717, 1.165) is 27.6 Å². The highest BCUT2D eigenvalue weighted by atomic mass is 16.6. The molecule has 1 fully saturated rings. The molecule has 47 heavy (non-hydrogen) atoms. The summed E-state index contributed by atoms with van der Waals surface area (Å²) < 4.78 is 10.7. The molecule has 0 bridgehead atoms. The number of epoxide rings is 1. The number of ketones is 2. The van der Waals surface area contributed by atoms with Crippen LogP contribution in [0, 0.1) is 5.92 Å². The van der Waals surface area contributed by atoms with Gasteiger partial charge in [-0.2, -0.15) is 0 Å². The molecular formula is C36H38N4O7. The first-order chi connectivity index (χ1) is 22.6. The van der Waals surface area contributed by atoms with Gasteiger partial charge in [0.1, 0.15) is 12.2 Å². The molecule has 1 saturated heterocycles. The molecule has 4 aromatic rings. The number of hydrogen-bond acceptors (Lipinski definition) is 7. The Morgan fingerprint density at radius 1 is 0.851 bits per heavy atom. The van der Waals surface area contributed by atoms with E-state index in [2.05, 4.69) is 15.6 Å². The number of carbonyl (C=O) groups is 5. The maximum Gasteiger partial charge on any atom is 0.408 e. The summed E-state index contributed by atoms with van der Waals surface area (Å²) in [6.07, 6.45) is 0.424. The molecule has 3 amide bonds. The standard InChI is InChI=1S/C36H38N4O7/c1-36(22-47-36)33(43)30(16-23-10-4-2-5-11-23)39-34(44)25(17-26-20-38-28-15-9-8-14-27(26)28)18-31(41)29(19-32(37)42)40-35(45)46-21-24-12-6-3-7-13-24/h2-15,20,25,29-30,38H,16-19,21-22H2,1H3,(H2,37,42)(H,39,44)(H,40,45)/t25-,29+,30+,36?/m1/s1. The van der Waals surface area contributed by atoms with Crippen LogP contribution in [0.3, 0.4) is 0 Å². The van der Waals surface area contributed by atoms with Crippen molar-refractivity contribution < 1.29 is 33.4 Å². The molecule has 2 heterocycles. The molecule has 0 radical (unpaired) electrons. The zero-order valence-corrected chi connectivity index (χ0v) is 26.1. The number of amides is 3. The highest BCUT2D eigenvalue weighted by molar-refractivity contribution is 5.99. The maximum atomic E-state index is 14.0. The van der Waals surface area contributed by atoms with Gasteiger partial charge in [0.05, 0.1) is 25.1 Å². The average Bonchev–Trinajstić information content (AvgIpc) is 3.70. The molecule has 0 spiro atoms. The molecule has 4 atom stereocenters. The van der Waals surface area contributed by atoms with Gasteiger partial charge in [-0.3, -0.25) is 19.2 Å². The second-order valence-electron chi connectivity index (χ2n) is 12.0. The molecule has 0 saturated carbocycles. The van der Waals surface area contributed by atoms with Gasteiger partial charge in [0.25, 0.3) is 0 Å². The molecular weight excluding hydrogens is 600 g/mol. The zero-order valence-electron chi connectivity index (χ0n) is 26.1. The Kier molecular flexibility index (Phi) is 10.5. The Bertz CT molecular complexity index is 1730. The van der Waals surface area contributed by atoms with Crippen molar-refractivity contribution in [1.29, 1.82) is 0 Å². The van der Waals surface area contributed by atoms with E-state index in [1.54, 1.807) is 37.4 Å². The number of aromatic nitrogens is 1. The van der Waals surface area contributed by atoms with Gasteiger partial charge in [0.2, 0.25) is 11.8 Å². The van der Waals surface area contributed by atoms with Crippen molar-refractivity contribution in [2.24, 2.45) is 11.7 Å². The second-order valence-corrected chi connectivity index (χ2v) is 12.0. The number of Topliss-reactive ketones (excluding diaryl/α,β-unsaturated/α-hetero) is 2. The van der Waals surface area contributed by atoms with E-state index < -0.39 is 53.7 Å². The van der Waals surface area contributed by atoms with Gasteiger partial charge in [0, 0.05) is 29.4 Å². The van der Waals surface area contributed by atoms with Crippen LogP contribution in [0.4, 0.5) is 4.79 Å². The van der Waals surface area contributed by atoms with E-state index in [4.69, 9.17) is 15.2 Å². The maximum absolute atomic E-state index is 14.0. The van der Waals surface area contributed by atoms with Gasteiger partial charge < -0.3 is 30.8 Å². The minimum absolute atomic E-state index is 0.0464. The first-order valence-corrected chi connectivity index (χ1v) is 15.5. The Hall–Kier alpha value is -5.29. The Balaban J connectivity index is 1.36. The van der Waals surface area contributed by atoms with E-state index >= 15 is 0 Å². The first-order valence-electron chi connectivity index (χ1n) is 15.5. The van der Waals surface area contributed by atoms with E-state index in [1.165, 1.54) is 0 Å². The number of aromatic amines is 1. The number of H-pyrrole nitrogens is 1. The molecule has 11 heteroatoms. The minimum atomic E-state index is -1.32. The molecule has 5 N–H and O–H groups in total. The fourth-order valence-corrected chi connectivity index (χ4v) is 5.53. The van der Waals surface area contributed by atoms with Crippen LogP contribution >= 0.6 is 0 Å². The number of rotatable bonds is 16. The van der Waals surface area contributed by atoms with Crippen LogP contribution in [-0.2, 0) is 48.1 Å². The molecule has 3 aromatic carbocycles. The predicted octanol–water partition coefficient (Wildman–Crippen LogP) is 3.54. The second kappa shape index (κ2) is 14.9. The number of para-hydroxylation sites is 1. The van der Waals surface area contributed by atoms with Crippen molar-refractivity contribution in [3.8, 4) is 0 Å². The molecule has 1 aliphatic rings. The Morgan fingerprint density at radius 2 is 1.49 bits per heavy atom. The number of nitrogens with one attached hydrogen (secondary N) is 3. The largest absolute Gasteiger partial charge is 0.445 e. The SMILES string of the molecule is CC1(C(=O)[C@H](Cc2ccccc2)NC(=O)[C@@H](CC(=O)[C@H](CC(N)=O)NC(=O)OCc2ccccc2)Cc2c[nH]c3ccccc23)CO1. The Morgan fingerprint density at radius 3 is 2.15 bits per heavy atom.